The third kappa shape index (κ3) is 6.45. The summed E-state index contributed by atoms with van der Waals surface area (Å²) in [6, 6.07) is 6.77. The Labute approximate surface area is 165 Å². The smallest absolute Gasteiger partial charge is 0.269 e. The van der Waals surface area contributed by atoms with Gasteiger partial charge in [-0.25, -0.2) is 4.99 Å². The molecule has 8 nitrogen and oxygen atoms in total. The molecule has 0 spiro atoms. The zero-order chi connectivity index (χ0) is 19.8. The second-order valence-electron chi connectivity index (χ2n) is 7.61. The van der Waals surface area contributed by atoms with Gasteiger partial charge >= 0.3 is 0 Å². The number of aliphatic hydroxyl groups is 1. The predicted molar refractivity (Wildman–Crippen MR) is 107 cm³/mol. The number of hydrogen-bond acceptors (Lipinski definition) is 5. The zero-order valence-corrected chi connectivity index (χ0v) is 16.2. The Kier molecular flexibility index (Phi) is 7.62. The Bertz CT molecular complexity index is 651. The maximum Gasteiger partial charge on any atom is 0.269 e. The van der Waals surface area contributed by atoms with Crippen LogP contribution in [0.1, 0.15) is 50.5 Å². The molecular weight excluding hydrogens is 360 g/mol. The van der Waals surface area contributed by atoms with Crippen molar-refractivity contribution in [3.63, 3.8) is 0 Å². The molecule has 154 valence electrons. The summed E-state index contributed by atoms with van der Waals surface area (Å²) < 4.78 is 5.79. The molecule has 0 radical (unpaired) electrons. The third-order valence-electron chi connectivity index (χ3n) is 5.38. The lowest BCUT2D eigenvalue weighted by atomic mass is 9.93. The topological polar surface area (TPSA) is 109 Å². The zero-order valence-electron chi connectivity index (χ0n) is 16.2. The van der Waals surface area contributed by atoms with Gasteiger partial charge in [-0.15, -0.1) is 0 Å². The number of aliphatic hydroxyl groups excluding tert-OH is 1. The number of benzene rings is 1. The minimum Gasteiger partial charge on any atom is -0.393 e. The van der Waals surface area contributed by atoms with E-state index < -0.39 is 4.92 Å². The molecule has 0 aromatic heterocycles. The van der Waals surface area contributed by atoms with Crippen LogP contribution in [0.5, 0.6) is 0 Å². The van der Waals surface area contributed by atoms with Crippen LogP contribution >= 0.6 is 0 Å². The largest absolute Gasteiger partial charge is 0.393 e. The van der Waals surface area contributed by atoms with Crippen LogP contribution in [-0.2, 0) is 11.3 Å². The van der Waals surface area contributed by atoms with Gasteiger partial charge in [0.15, 0.2) is 5.96 Å². The van der Waals surface area contributed by atoms with Gasteiger partial charge in [0, 0.05) is 31.3 Å². The van der Waals surface area contributed by atoms with E-state index >= 15 is 0 Å². The van der Waals surface area contributed by atoms with E-state index in [2.05, 4.69) is 15.6 Å². The maximum atomic E-state index is 10.8. The fourth-order valence-corrected chi connectivity index (χ4v) is 3.64. The van der Waals surface area contributed by atoms with E-state index in [1.165, 1.54) is 18.6 Å². The summed E-state index contributed by atoms with van der Waals surface area (Å²) in [5.74, 6) is 0.730. The van der Waals surface area contributed by atoms with Crippen molar-refractivity contribution in [1.82, 2.24) is 10.6 Å². The van der Waals surface area contributed by atoms with Crippen molar-refractivity contribution in [3.8, 4) is 0 Å². The Morgan fingerprint density at radius 1 is 1.18 bits per heavy atom. The monoisotopic (exact) mass is 390 g/mol. The van der Waals surface area contributed by atoms with Crippen LogP contribution in [0.4, 0.5) is 5.69 Å². The fraction of sp³-hybridized carbons (Fsp3) is 0.650. The van der Waals surface area contributed by atoms with E-state index in [1.54, 1.807) is 12.1 Å². The van der Waals surface area contributed by atoms with E-state index in [4.69, 9.17) is 4.74 Å². The molecule has 1 aromatic rings. The lowest BCUT2D eigenvalue weighted by Gasteiger charge is -2.29. The minimum atomic E-state index is -0.400. The fourth-order valence-electron chi connectivity index (χ4n) is 3.64. The second kappa shape index (κ2) is 10.4. The first-order valence-electron chi connectivity index (χ1n) is 10.2. The number of nitrogens with zero attached hydrogens (tertiary/aromatic N) is 2. The number of hydrogen-bond donors (Lipinski definition) is 3. The summed E-state index contributed by atoms with van der Waals surface area (Å²) in [7, 11) is 0. The number of non-ortho nitro benzene ring substituents is 1. The highest BCUT2D eigenvalue weighted by atomic mass is 16.6. The van der Waals surface area contributed by atoms with Crippen molar-refractivity contribution in [2.75, 3.05) is 13.2 Å². The van der Waals surface area contributed by atoms with E-state index in [0.29, 0.717) is 19.1 Å². The average Bonchev–Trinajstić information content (AvgIpc) is 2.72. The molecule has 1 aliphatic carbocycles. The standard InChI is InChI=1S/C20H30N4O4/c25-18-10-6-16(7-11-18)23-20(22-14-19-3-1-2-12-28-19)21-13-15-4-8-17(9-5-15)24(26)27/h4-5,8-9,16,18-19,25H,1-3,6-7,10-14H2,(H2,21,22,23). The number of nitro benzene ring substituents is 1. The quantitative estimate of drug-likeness (QED) is 0.298. The number of aliphatic imine (C=N–C) groups is 1. The molecule has 1 aromatic carbocycles. The van der Waals surface area contributed by atoms with Crippen molar-refractivity contribution in [3.05, 3.63) is 39.9 Å². The SMILES string of the molecule is O=[N+]([O-])c1ccc(CN=C(NCC2CCCCO2)NC2CCC(O)CC2)cc1. The van der Waals surface area contributed by atoms with Crippen LogP contribution in [0.15, 0.2) is 29.3 Å². The van der Waals surface area contributed by atoms with E-state index in [9.17, 15) is 15.2 Å². The molecule has 1 aliphatic heterocycles. The molecule has 2 aliphatic rings. The summed E-state index contributed by atoms with van der Waals surface area (Å²) in [4.78, 5) is 15.1. The first-order valence-corrected chi connectivity index (χ1v) is 10.2. The summed E-state index contributed by atoms with van der Waals surface area (Å²) >= 11 is 0. The molecule has 0 amide bonds. The first kappa shape index (κ1) is 20.5. The summed E-state index contributed by atoms with van der Waals surface area (Å²) in [5.41, 5.74) is 0.999. The minimum absolute atomic E-state index is 0.0828. The van der Waals surface area contributed by atoms with Crippen LogP contribution in [0.2, 0.25) is 0 Å². The van der Waals surface area contributed by atoms with Crippen molar-refractivity contribution in [2.45, 2.75) is 69.7 Å². The third-order valence-corrected chi connectivity index (χ3v) is 5.38. The molecule has 0 bridgehead atoms. The predicted octanol–water partition coefficient (Wildman–Crippen LogP) is 2.50. The Balaban J connectivity index is 1.59. The summed E-state index contributed by atoms with van der Waals surface area (Å²) in [6.07, 6.45) is 6.82. The number of nitrogens with one attached hydrogen (secondary N) is 2. The van der Waals surface area contributed by atoms with Crippen molar-refractivity contribution in [1.29, 1.82) is 0 Å². The molecule has 28 heavy (non-hydrogen) atoms. The summed E-state index contributed by atoms with van der Waals surface area (Å²) in [6.45, 7) is 1.96. The molecule has 2 fully saturated rings. The van der Waals surface area contributed by atoms with E-state index in [0.717, 1.165) is 56.7 Å². The Morgan fingerprint density at radius 3 is 2.57 bits per heavy atom. The van der Waals surface area contributed by atoms with Gasteiger partial charge in [0.25, 0.3) is 5.69 Å². The second-order valence-corrected chi connectivity index (χ2v) is 7.61. The van der Waals surface area contributed by atoms with E-state index in [-0.39, 0.29) is 17.9 Å². The molecule has 3 N–H and O–H groups in total. The molecule has 1 unspecified atom stereocenters. The van der Waals surface area contributed by atoms with Gasteiger partial charge in [0.2, 0.25) is 0 Å². The van der Waals surface area contributed by atoms with Crippen LogP contribution < -0.4 is 10.6 Å². The van der Waals surface area contributed by atoms with Crippen molar-refractivity contribution < 1.29 is 14.8 Å². The highest BCUT2D eigenvalue weighted by Gasteiger charge is 2.21. The van der Waals surface area contributed by atoms with Gasteiger partial charge in [0.1, 0.15) is 0 Å². The van der Waals surface area contributed by atoms with Gasteiger partial charge in [-0.05, 0) is 50.5 Å². The van der Waals surface area contributed by atoms with Gasteiger partial charge in [-0.2, -0.15) is 0 Å². The van der Waals surface area contributed by atoms with Gasteiger partial charge in [-0.3, -0.25) is 10.1 Å². The number of guanidine groups is 1. The normalized spacial score (nSPS) is 25.9. The Hall–Kier alpha value is -2.19. The average molecular weight is 390 g/mol. The van der Waals surface area contributed by atoms with Gasteiger partial charge < -0.3 is 20.5 Å². The van der Waals surface area contributed by atoms with Crippen LogP contribution in [0.25, 0.3) is 0 Å². The van der Waals surface area contributed by atoms with E-state index in [1.807, 2.05) is 0 Å². The molecule has 1 atom stereocenters. The van der Waals surface area contributed by atoms with Crippen molar-refractivity contribution >= 4 is 11.6 Å². The van der Waals surface area contributed by atoms with Crippen LogP contribution in [-0.4, -0.2) is 47.4 Å². The molecular formula is C20H30N4O4. The highest BCUT2D eigenvalue weighted by Crippen LogP contribution is 2.18. The Morgan fingerprint density at radius 2 is 1.93 bits per heavy atom. The van der Waals surface area contributed by atoms with Crippen LogP contribution in [0.3, 0.4) is 0 Å². The molecule has 1 heterocycles. The lowest BCUT2D eigenvalue weighted by Crippen LogP contribution is -2.47. The number of ether oxygens (including phenoxy) is 1. The molecule has 1 saturated heterocycles. The molecule has 8 heteroatoms. The van der Waals surface area contributed by atoms with Crippen LogP contribution in [0, 0.1) is 10.1 Å². The van der Waals surface area contributed by atoms with Gasteiger partial charge in [0.05, 0.1) is 23.7 Å². The summed E-state index contributed by atoms with van der Waals surface area (Å²) in [5, 5.41) is 27.4. The number of rotatable bonds is 6. The maximum absolute atomic E-state index is 10.8. The molecule has 3 rings (SSSR count). The highest BCUT2D eigenvalue weighted by molar-refractivity contribution is 5.80. The van der Waals surface area contributed by atoms with Gasteiger partial charge in [-0.1, -0.05) is 12.1 Å². The first-order chi connectivity index (χ1) is 13.6. The van der Waals surface area contributed by atoms with Crippen molar-refractivity contribution in [2.24, 2.45) is 4.99 Å². The molecule has 1 saturated carbocycles. The lowest BCUT2D eigenvalue weighted by molar-refractivity contribution is -0.384. The number of nitro groups is 1.